The Kier molecular flexibility index (Phi) is 3.70. The van der Waals surface area contributed by atoms with Gasteiger partial charge in [0.1, 0.15) is 13.2 Å². The first-order chi connectivity index (χ1) is 10.1. The molecule has 1 aliphatic rings. The number of nitrogens with zero attached hydrogens (tertiary/aromatic N) is 4. The molecule has 0 atom stereocenters. The molecule has 0 spiro atoms. The van der Waals surface area contributed by atoms with Crippen molar-refractivity contribution in [2.75, 3.05) is 37.9 Å². The summed E-state index contributed by atoms with van der Waals surface area (Å²) in [5.74, 6) is 2.23. The number of hydrogen-bond donors (Lipinski definition) is 1. The van der Waals surface area contributed by atoms with E-state index in [1.54, 1.807) is 4.90 Å². The maximum atomic E-state index is 5.71. The Bertz CT molecular complexity index is 665. The van der Waals surface area contributed by atoms with Crippen LogP contribution in [-0.4, -0.2) is 42.3 Å². The molecular weight excluding hydrogens is 290 g/mol. The highest BCUT2D eigenvalue weighted by atomic mass is 32.2. The number of nitrogens with two attached hydrogens (primary N) is 1. The van der Waals surface area contributed by atoms with Crippen molar-refractivity contribution in [1.29, 1.82) is 0 Å². The van der Waals surface area contributed by atoms with Gasteiger partial charge in [-0.3, -0.25) is 0 Å². The van der Waals surface area contributed by atoms with Gasteiger partial charge in [-0.1, -0.05) is 0 Å². The predicted octanol–water partition coefficient (Wildman–Crippen LogP) is 1.44. The van der Waals surface area contributed by atoms with Crippen LogP contribution in [-0.2, 0) is 0 Å². The van der Waals surface area contributed by atoms with Crippen LogP contribution >= 0.6 is 11.8 Å². The fourth-order valence-corrected chi connectivity index (χ4v) is 2.58. The molecular formula is C13H15N5O2S. The second-order valence-corrected chi connectivity index (χ2v) is 5.62. The number of ether oxygens (including phenoxy) is 2. The molecule has 1 aromatic carbocycles. The molecule has 110 valence electrons. The summed E-state index contributed by atoms with van der Waals surface area (Å²) in [5, 5.41) is 0.544. The number of hydrogen-bond acceptors (Lipinski definition) is 8. The average molecular weight is 305 g/mol. The van der Waals surface area contributed by atoms with E-state index in [1.807, 2.05) is 32.3 Å². The number of anilines is 2. The Balaban J connectivity index is 1.86. The van der Waals surface area contributed by atoms with Crippen LogP contribution in [0, 0.1) is 0 Å². The number of aromatic nitrogens is 3. The van der Waals surface area contributed by atoms with E-state index in [4.69, 9.17) is 15.2 Å². The maximum absolute atomic E-state index is 5.71. The molecule has 0 bridgehead atoms. The first-order valence-electron chi connectivity index (χ1n) is 6.38. The van der Waals surface area contributed by atoms with E-state index in [0.717, 1.165) is 16.4 Å². The van der Waals surface area contributed by atoms with Gasteiger partial charge in [0, 0.05) is 19.0 Å². The van der Waals surface area contributed by atoms with Gasteiger partial charge >= 0.3 is 0 Å². The Morgan fingerprint density at radius 1 is 1.10 bits per heavy atom. The number of nitrogen functional groups attached to an aromatic ring is 1. The van der Waals surface area contributed by atoms with Gasteiger partial charge in [-0.25, -0.2) is 0 Å². The summed E-state index contributed by atoms with van der Waals surface area (Å²) >= 11 is 1.40. The van der Waals surface area contributed by atoms with Crippen molar-refractivity contribution >= 4 is 23.7 Å². The van der Waals surface area contributed by atoms with E-state index < -0.39 is 0 Å². The molecule has 1 aromatic heterocycles. The number of benzene rings is 1. The Labute approximate surface area is 126 Å². The fourth-order valence-electron chi connectivity index (χ4n) is 1.80. The van der Waals surface area contributed by atoms with E-state index in [9.17, 15) is 0 Å². The van der Waals surface area contributed by atoms with Gasteiger partial charge in [-0.15, -0.1) is 0 Å². The summed E-state index contributed by atoms with van der Waals surface area (Å²) in [4.78, 5) is 15.3. The molecule has 3 rings (SSSR count). The third-order valence-corrected chi connectivity index (χ3v) is 3.60. The third-order valence-electron chi connectivity index (χ3n) is 2.74. The van der Waals surface area contributed by atoms with Crippen LogP contribution in [0.1, 0.15) is 0 Å². The first-order valence-corrected chi connectivity index (χ1v) is 7.20. The quantitative estimate of drug-likeness (QED) is 0.911. The third kappa shape index (κ3) is 3.10. The van der Waals surface area contributed by atoms with E-state index in [2.05, 4.69) is 15.0 Å². The molecule has 1 aliphatic heterocycles. The second kappa shape index (κ2) is 5.65. The standard InChI is InChI=1S/C13H15N5O2S/c1-18(2)12-15-11(14)16-13(17-12)21-8-3-4-9-10(7-8)20-6-5-19-9/h3-4,7H,5-6H2,1-2H3,(H2,14,15,16,17). The van der Waals surface area contributed by atoms with Gasteiger partial charge in [0.05, 0.1) is 0 Å². The van der Waals surface area contributed by atoms with Crippen LogP contribution in [0.4, 0.5) is 11.9 Å². The Hall–Kier alpha value is -2.22. The summed E-state index contributed by atoms with van der Waals surface area (Å²) in [6, 6.07) is 5.73. The van der Waals surface area contributed by atoms with Gasteiger partial charge in [0.25, 0.3) is 0 Å². The van der Waals surface area contributed by atoms with Crippen molar-refractivity contribution in [3.05, 3.63) is 18.2 Å². The molecule has 0 saturated carbocycles. The highest BCUT2D eigenvalue weighted by molar-refractivity contribution is 7.99. The molecule has 0 aliphatic carbocycles. The van der Waals surface area contributed by atoms with Crippen LogP contribution < -0.4 is 20.1 Å². The lowest BCUT2D eigenvalue weighted by Gasteiger charge is -2.18. The van der Waals surface area contributed by atoms with Crippen molar-refractivity contribution in [1.82, 2.24) is 15.0 Å². The van der Waals surface area contributed by atoms with E-state index in [1.165, 1.54) is 11.8 Å². The summed E-state index contributed by atoms with van der Waals surface area (Å²) in [6.45, 7) is 1.14. The highest BCUT2D eigenvalue weighted by Crippen LogP contribution is 2.36. The topological polar surface area (TPSA) is 86.4 Å². The SMILES string of the molecule is CN(C)c1nc(N)nc(Sc2ccc3c(c2)OCCO3)n1. The monoisotopic (exact) mass is 305 g/mol. The van der Waals surface area contributed by atoms with Crippen molar-refractivity contribution in [3.63, 3.8) is 0 Å². The minimum Gasteiger partial charge on any atom is -0.486 e. The molecule has 2 aromatic rings. The summed E-state index contributed by atoms with van der Waals surface area (Å²) in [7, 11) is 3.71. The molecule has 0 fully saturated rings. The van der Waals surface area contributed by atoms with Crippen LogP contribution in [0.25, 0.3) is 0 Å². The number of rotatable bonds is 3. The van der Waals surface area contributed by atoms with Crippen molar-refractivity contribution in [3.8, 4) is 11.5 Å². The van der Waals surface area contributed by atoms with Gasteiger partial charge in [0.15, 0.2) is 16.7 Å². The smallest absolute Gasteiger partial charge is 0.230 e. The van der Waals surface area contributed by atoms with Crippen molar-refractivity contribution in [2.24, 2.45) is 0 Å². The maximum Gasteiger partial charge on any atom is 0.230 e. The zero-order chi connectivity index (χ0) is 14.8. The van der Waals surface area contributed by atoms with Gasteiger partial charge < -0.3 is 20.1 Å². The molecule has 2 heterocycles. The lowest BCUT2D eigenvalue weighted by atomic mass is 10.3. The predicted molar refractivity (Wildman–Crippen MR) is 80.1 cm³/mol. The lowest BCUT2D eigenvalue weighted by molar-refractivity contribution is 0.171. The first kappa shape index (κ1) is 13.7. The Morgan fingerprint density at radius 2 is 1.86 bits per heavy atom. The van der Waals surface area contributed by atoms with Gasteiger partial charge in [0.2, 0.25) is 11.9 Å². The average Bonchev–Trinajstić information content (AvgIpc) is 2.46. The van der Waals surface area contributed by atoms with Crippen molar-refractivity contribution in [2.45, 2.75) is 10.1 Å². The summed E-state index contributed by atoms with van der Waals surface area (Å²) < 4.78 is 11.1. The van der Waals surface area contributed by atoms with E-state index in [0.29, 0.717) is 24.3 Å². The molecule has 21 heavy (non-hydrogen) atoms. The van der Waals surface area contributed by atoms with Crippen molar-refractivity contribution < 1.29 is 9.47 Å². The fraction of sp³-hybridized carbons (Fsp3) is 0.308. The van der Waals surface area contributed by atoms with Crippen LogP contribution in [0.15, 0.2) is 28.3 Å². The molecule has 0 saturated heterocycles. The minimum absolute atomic E-state index is 0.203. The largest absolute Gasteiger partial charge is 0.486 e. The minimum atomic E-state index is 0.203. The van der Waals surface area contributed by atoms with Crippen LogP contribution in [0.3, 0.4) is 0 Å². The van der Waals surface area contributed by atoms with Gasteiger partial charge in [-0.2, -0.15) is 15.0 Å². The zero-order valence-corrected chi connectivity index (χ0v) is 12.6. The molecule has 2 N–H and O–H groups in total. The van der Waals surface area contributed by atoms with Crippen LogP contribution in [0.5, 0.6) is 11.5 Å². The molecule has 7 nitrogen and oxygen atoms in total. The van der Waals surface area contributed by atoms with Gasteiger partial charge in [-0.05, 0) is 30.0 Å². The number of fused-ring (bicyclic) bond motifs is 1. The Morgan fingerprint density at radius 3 is 2.62 bits per heavy atom. The molecule has 0 radical (unpaired) electrons. The highest BCUT2D eigenvalue weighted by Gasteiger charge is 2.13. The van der Waals surface area contributed by atoms with E-state index >= 15 is 0 Å². The molecule has 0 unspecified atom stereocenters. The second-order valence-electron chi connectivity index (χ2n) is 4.58. The van der Waals surface area contributed by atoms with Crippen LogP contribution in [0.2, 0.25) is 0 Å². The summed E-state index contributed by atoms with van der Waals surface area (Å²) in [5.41, 5.74) is 5.71. The normalized spacial score (nSPS) is 13.0. The lowest BCUT2D eigenvalue weighted by Crippen LogP contribution is -2.15. The molecule has 8 heteroatoms. The zero-order valence-electron chi connectivity index (χ0n) is 11.7. The summed E-state index contributed by atoms with van der Waals surface area (Å²) in [6.07, 6.45) is 0. The molecule has 0 amide bonds. The van der Waals surface area contributed by atoms with E-state index in [-0.39, 0.29) is 5.95 Å².